The number of nitrogens with two attached hydrogens (primary N) is 1. The summed E-state index contributed by atoms with van der Waals surface area (Å²) in [5, 5.41) is 3.17. The summed E-state index contributed by atoms with van der Waals surface area (Å²) in [6.45, 7) is 8.64. The molecule has 0 saturated carbocycles. The van der Waals surface area contributed by atoms with Crippen LogP contribution in [0, 0.1) is 5.92 Å². The Balaban J connectivity index is 1.84. The van der Waals surface area contributed by atoms with Gasteiger partial charge in [-0.15, -0.1) is 13.2 Å². The summed E-state index contributed by atoms with van der Waals surface area (Å²) in [5.41, 5.74) is 6.71. The van der Waals surface area contributed by atoms with Crippen molar-refractivity contribution in [3.05, 3.63) is 29.8 Å². The van der Waals surface area contributed by atoms with Crippen LogP contribution in [0.15, 0.2) is 29.3 Å². The number of halogens is 3. The lowest BCUT2D eigenvalue weighted by Crippen LogP contribution is -2.50. The van der Waals surface area contributed by atoms with Gasteiger partial charge in [0.1, 0.15) is 5.75 Å². The number of nitrogens with zero attached hydrogens (tertiary/aromatic N) is 2. The number of hydrogen-bond acceptors (Lipinski definition) is 4. The third kappa shape index (κ3) is 8.35. The van der Waals surface area contributed by atoms with Gasteiger partial charge in [-0.25, -0.2) is 4.99 Å². The van der Waals surface area contributed by atoms with Gasteiger partial charge in [0.05, 0.1) is 19.8 Å². The molecule has 0 amide bonds. The van der Waals surface area contributed by atoms with Crippen molar-refractivity contribution in [1.82, 2.24) is 10.2 Å². The molecule has 1 heterocycles. The summed E-state index contributed by atoms with van der Waals surface area (Å²) in [5.74, 6) is 0.622. The van der Waals surface area contributed by atoms with E-state index in [4.69, 9.17) is 10.5 Å². The minimum Gasteiger partial charge on any atom is -0.406 e. The van der Waals surface area contributed by atoms with Gasteiger partial charge >= 0.3 is 6.36 Å². The van der Waals surface area contributed by atoms with Crippen molar-refractivity contribution in [1.29, 1.82) is 0 Å². The highest BCUT2D eigenvalue weighted by Gasteiger charge is 2.30. The molecule has 0 aromatic heterocycles. The van der Waals surface area contributed by atoms with Crippen LogP contribution in [-0.4, -0.2) is 56.1 Å². The molecule has 1 fully saturated rings. The molecule has 1 aliphatic heterocycles. The molecule has 0 aliphatic carbocycles. The van der Waals surface area contributed by atoms with Gasteiger partial charge < -0.3 is 20.5 Å². The van der Waals surface area contributed by atoms with Crippen LogP contribution < -0.4 is 15.8 Å². The van der Waals surface area contributed by atoms with Gasteiger partial charge in [-0.2, -0.15) is 0 Å². The number of nitrogens with one attached hydrogen (secondary N) is 1. The fourth-order valence-electron chi connectivity index (χ4n) is 3.10. The second-order valence-corrected chi connectivity index (χ2v) is 7.21. The molecule has 9 heteroatoms. The zero-order chi connectivity index (χ0) is 20.6. The standard InChI is InChI=1S/C19H29F3N4O2/c1-14(2)11-16(26-7-9-27-10-8-26)13-25-18(23)24-12-15-3-5-17(6-4-15)28-19(20,21)22/h3-6,14,16H,7-13H2,1-2H3,(H3,23,24,25). The van der Waals surface area contributed by atoms with Crippen molar-refractivity contribution in [2.75, 3.05) is 32.8 Å². The van der Waals surface area contributed by atoms with Gasteiger partial charge in [0, 0.05) is 25.7 Å². The minimum absolute atomic E-state index is 0.256. The van der Waals surface area contributed by atoms with E-state index in [0.29, 0.717) is 24.5 Å². The van der Waals surface area contributed by atoms with Crippen molar-refractivity contribution >= 4 is 5.96 Å². The summed E-state index contributed by atoms with van der Waals surface area (Å²) in [6.07, 6.45) is -3.65. The summed E-state index contributed by atoms with van der Waals surface area (Å²) in [6, 6.07) is 5.94. The molecule has 1 aromatic rings. The highest BCUT2D eigenvalue weighted by atomic mass is 19.4. The number of hydrogen-bond donors (Lipinski definition) is 2. The van der Waals surface area contributed by atoms with Crippen LogP contribution >= 0.6 is 0 Å². The lowest BCUT2D eigenvalue weighted by atomic mass is 10.0. The first kappa shape index (κ1) is 22.3. The Bertz CT molecular complexity index is 615. The molecule has 1 aromatic carbocycles. The summed E-state index contributed by atoms with van der Waals surface area (Å²) in [4.78, 5) is 6.68. The quantitative estimate of drug-likeness (QED) is 0.517. The first-order chi connectivity index (χ1) is 13.2. The third-order valence-corrected chi connectivity index (χ3v) is 4.41. The maximum Gasteiger partial charge on any atom is 0.573 e. The van der Waals surface area contributed by atoms with E-state index in [1.54, 1.807) is 0 Å². The van der Waals surface area contributed by atoms with Crippen molar-refractivity contribution in [3.63, 3.8) is 0 Å². The van der Waals surface area contributed by atoms with Crippen LogP contribution in [0.1, 0.15) is 25.8 Å². The Morgan fingerprint density at radius 3 is 2.46 bits per heavy atom. The SMILES string of the molecule is CC(C)CC(CNC(N)=NCc1ccc(OC(F)(F)F)cc1)N1CCOCC1. The highest BCUT2D eigenvalue weighted by Crippen LogP contribution is 2.22. The lowest BCUT2D eigenvalue weighted by molar-refractivity contribution is -0.274. The molecule has 6 nitrogen and oxygen atoms in total. The normalized spacial score (nSPS) is 17.6. The molecule has 1 saturated heterocycles. The number of benzene rings is 1. The zero-order valence-electron chi connectivity index (χ0n) is 16.3. The second kappa shape index (κ2) is 10.5. The summed E-state index contributed by atoms with van der Waals surface area (Å²) < 4.78 is 45.8. The molecule has 1 atom stereocenters. The van der Waals surface area contributed by atoms with Gasteiger partial charge in [0.2, 0.25) is 0 Å². The average Bonchev–Trinajstić information content (AvgIpc) is 2.63. The van der Waals surface area contributed by atoms with Crippen LogP contribution in [0.3, 0.4) is 0 Å². The molecular weight excluding hydrogens is 373 g/mol. The number of aliphatic imine (C=N–C) groups is 1. The molecule has 2 rings (SSSR count). The van der Waals surface area contributed by atoms with E-state index < -0.39 is 6.36 Å². The van der Waals surface area contributed by atoms with E-state index in [9.17, 15) is 13.2 Å². The van der Waals surface area contributed by atoms with E-state index in [2.05, 4.69) is 33.8 Å². The molecule has 1 aliphatic rings. The first-order valence-electron chi connectivity index (χ1n) is 9.43. The van der Waals surface area contributed by atoms with Gasteiger partial charge in [-0.1, -0.05) is 26.0 Å². The molecule has 0 bridgehead atoms. The zero-order valence-corrected chi connectivity index (χ0v) is 16.3. The fourth-order valence-corrected chi connectivity index (χ4v) is 3.10. The van der Waals surface area contributed by atoms with Crippen LogP contribution in [0.5, 0.6) is 5.75 Å². The molecule has 158 valence electrons. The van der Waals surface area contributed by atoms with E-state index >= 15 is 0 Å². The Kier molecular flexibility index (Phi) is 8.37. The van der Waals surface area contributed by atoms with Crippen molar-refractivity contribution in [3.8, 4) is 5.75 Å². The van der Waals surface area contributed by atoms with Gasteiger partial charge in [0.25, 0.3) is 0 Å². The smallest absolute Gasteiger partial charge is 0.406 e. The van der Waals surface area contributed by atoms with E-state index in [0.717, 1.165) is 38.3 Å². The van der Waals surface area contributed by atoms with Crippen molar-refractivity contribution in [2.24, 2.45) is 16.6 Å². The molecule has 1 unspecified atom stereocenters. The molecular formula is C19H29F3N4O2. The minimum atomic E-state index is -4.69. The number of guanidine groups is 1. The molecule has 28 heavy (non-hydrogen) atoms. The number of morpholine rings is 1. The van der Waals surface area contributed by atoms with Gasteiger partial charge in [0.15, 0.2) is 5.96 Å². The fraction of sp³-hybridized carbons (Fsp3) is 0.632. The van der Waals surface area contributed by atoms with E-state index in [1.807, 2.05) is 0 Å². The monoisotopic (exact) mass is 402 g/mol. The molecule has 0 spiro atoms. The van der Waals surface area contributed by atoms with Crippen LogP contribution in [0.25, 0.3) is 0 Å². The lowest BCUT2D eigenvalue weighted by Gasteiger charge is -2.35. The average molecular weight is 402 g/mol. The first-order valence-corrected chi connectivity index (χ1v) is 9.43. The van der Waals surface area contributed by atoms with Gasteiger partial charge in [-0.3, -0.25) is 4.90 Å². The number of ether oxygens (including phenoxy) is 2. The van der Waals surface area contributed by atoms with Crippen LogP contribution in [-0.2, 0) is 11.3 Å². The molecule has 3 N–H and O–H groups in total. The Labute approximate surface area is 163 Å². The predicted molar refractivity (Wildman–Crippen MR) is 102 cm³/mol. The maximum absolute atomic E-state index is 12.2. The Morgan fingerprint density at radius 1 is 1.25 bits per heavy atom. The highest BCUT2D eigenvalue weighted by molar-refractivity contribution is 5.77. The van der Waals surface area contributed by atoms with Crippen LogP contribution in [0.4, 0.5) is 13.2 Å². The van der Waals surface area contributed by atoms with Gasteiger partial charge in [-0.05, 0) is 30.0 Å². The Morgan fingerprint density at radius 2 is 1.89 bits per heavy atom. The van der Waals surface area contributed by atoms with Crippen LogP contribution in [0.2, 0.25) is 0 Å². The number of alkyl halides is 3. The molecule has 0 radical (unpaired) electrons. The number of rotatable bonds is 8. The summed E-state index contributed by atoms with van der Waals surface area (Å²) >= 11 is 0. The van der Waals surface area contributed by atoms with E-state index in [1.165, 1.54) is 24.3 Å². The van der Waals surface area contributed by atoms with Crippen molar-refractivity contribution in [2.45, 2.75) is 39.2 Å². The van der Waals surface area contributed by atoms with Crippen molar-refractivity contribution < 1.29 is 22.6 Å². The maximum atomic E-state index is 12.2. The summed E-state index contributed by atoms with van der Waals surface area (Å²) in [7, 11) is 0. The predicted octanol–water partition coefficient (Wildman–Crippen LogP) is 2.74. The largest absolute Gasteiger partial charge is 0.573 e. The van der Waals surface area contributed by atoms with E-state index in [-0.39, 0.29) is 12.3 Å². The second-order valence-electron chi connectivity index (χ2n) is 7.21. The third-order valence-electron chi connectivity index (χ3n) is 4.41. The topological polar surface area (TPSA) is 72.1 Å². The Hall–Kier alpha value is -2.00.